The molecule has 6 aromatic carbocycles. The molecule has 0 amide bonds. The molecule has 9 rings (SSSR count). The summed E-state index contributed by atoms with van der Waals surface area (Å²) < 4.78 is 0. The number of hydrogen-bond acceptors (Lipinski definition) is 2. The quantitative estimate of drug-likeness (QED) is 0.157. The van der Waals surface area contributed by atoms with E-state index < -0.39 is 22.2 Å². The molecule has 0 N–H and O–H groups in total. The summed E-state index contributed by atoms with van der Waals surface area (Å²) in [5.41, 5.74) is 3.34. The van der Waals surface area contributed by atoms with E-state index in [1.54, 1.807) is 0 Å². The topological polar surface area (TPSA) is 12.9 Å². The maximum atomic E-state index is 7.25. The molecule has 5 heteroatoms. The molecule has 0 unspecified atom stereocenters. The summed E-state index contributed by atoms with van der Waals surface area (Å²) in [5.74, 6) is 0. The summed E-state index contributed by atoms with van der Waals surface area (Å²) >= 11 is 7.25. The van der Waals surface area contributed by atoms with Crippen LogP contribution in [0.25, 0.3) is 43.7 Å². The second kappa shape index (κ2) is 8.96. The van der Waals surface area contributed by atoms with Crippen LogP contribution < -0.4 is 36.7 Å². The van der Waals surface area contributed by atoms with Crippen molar-refractivity contribution in [3.05, 3.63) is 121 Å². The average molecular weight is 634 g/mol. The van der Waals surface area contributed by atoms with Crippen molar-refractivity contribution in [1.29, 1.82) is 0 Å². The second-order valence-corrected chi connectivity index (χ2v) is 26.5. The van der Waals surface area contributed by atoms with Gasteiger partial charge in [-0.3, -0.25) is 0 Å². The van der Waals surface area contributed by atoms with Crippen LogP contribution in [0.15, 0.2) is 121 Å². The molecule has 1 aromatic heterocycles. The van der Waals surface area contributed by atoms with Gasteiger partial charge in [0.05, 0.1) is 11.2 Å². The SMILES string of the molecule is C[Si]1(C)c2cc3ccccc3cc2P2(=S)c3cc4ccccc4cc3[Si](C)(C)c3cc(-c4ccc5ccccc5n4)cc1c32. The van der Waals surface area contributed by atoms with Gasteiger partial charge in [0.1, 0.15) is 16.1 Å². The van der Waals surface area contributed by atoms with E-state index in [0.29, 0.717) is 0 Å². The lowest BCUT2D eigenvalue weighted by atomic mass is 10.1. The Kier molecular flexibility index (Phi) is 5.44. The first-order valence-electron chi connectivity index (χ1n) is 15.4. The van der Waals surface area contributed by atoms with Crippen LogP contribution in [0, 0.1) is 0 Å². The number of fused-ring (bicyclic) bond motifs is 7. The lowest BCUT2D eigenvalue weighted by molar-refractivity contribution is 1.40. The monoisotopic (exact) mass is 633 g/mol. The standard InChI is InChI=1S/C39H32NPSSi2/c1-43(2)35-21-28-14-7-5-12-26(28)19-33(35)41(42)34-20-27-13-6-8-15-29(27)22-36(34)44(3,4)38-24-30(23-37(43)39(38)41)32-18-17-25-11-9-10-16-31(25)40-32/h5-24H,1-4H3. The highest BCUT2D eigenvalue weighted by atomic mass is 32.4. The summed E-state index contributed by atoms with van der Waals surface area (Å²) in [4.78, 5) is 5.20. The molecule has 3 heterocycles. The number of pyridine rings is 1. The Morgan fingerprint density at radius 2 is 0.955 bits per heavy atom. The van der Waals surface area contributed by atoms with Crippen LogP contribution in [-0.4, -0.2) is 21.1 Å². The number of aromatic nitrogens is 1. The molecule has 0 radical (unpaired) electrons. The van der Waals surface area contributed by atoms with Gasteiger partial charge >= 0.3 is 0 Å². The minimum atomic E-state index is -2.35. The molecule has 2 aliphatic heterocycles. The van der Waals surface area contributed by atoms with Gasteiger partial charge in [0, 0.05) is 11.4 Å². The highest BCUT2D eigenvalue weighted by Gasteiger charge is 2.51. The highest BCUT2D eigenvalue weighted by molar-refractivity contribution is 8.26. The average Bonchev–Trinajstić information content (AvgIpc) is 3.05. The van der Waals surface area contributed by atoms with Gasteiger partial charge in [-0.2, -0.15) is 0 Å². The number of rotatable bonds is 1. The Morgan fingerprint density at radius 1 is 0.500 bits per heavy atom. The molecule has 0 atom stereocenters. The van der Waals surface area contributed by atoms with E-state index in [-0.39, 0.29) is 0 Å². The smallest absolute Gasteiger partial charge is 0.114 e. The maximum absolute atomic E-state index is 7.25. The molecule has 0 bridgehead atoms. The summed E-state index contributed by atoms with van der Waals surface area (Å²) in [7, 11) is -4.30. The molecule has 7 aromatic rings. The molecule has 0 spiro atoms. The van der Waals surface area contributed by atoms with Crippen LogP contribution >= 0.6 is 6.04 Å². The van der Waals surface area contributed by atoms with Crippen molar-refractivity contribution in [2.75, 3.05) is 0 Å². The van der Waals surface area contributed by atoms with E-state index in [0.717, 1.165) is 11.2 Å². The minimum absolute atomic E-state index is 1.04. The lowest BCUT2D eigenvalue weighted by Crippen LogP contribution is -2.76. The maximum Gasteiger partial charge on any atom is 0.114 e. The predicted molar refractivity (Wildman–Crippen MR) is 202 cm³/mol. The Morgan fingerprint density at radius 3 is 1.48 bits per heavy atom. The molecule has 0 fully saturated rings. The Hall–Kier alpha value is -3.67. The fraction of sp³-hybridized carbons (Fsp3) is 0.103. The van der Waals surface area contributed by atoms with E-state index in [4.69, 9.17) is 16.8 Å². The van der Waals surface area contributed by atoms with Crippen LogP contribution in [0.3, 0.4) is 0 Å². The molecule has 0 saturated heterocycles. The van der Waals surface area contributed by atoms with Gasteiger partial charge in [0.25, 0.3) is 0 Å². The summed E-state index contributed by atoms with van der Waals surface area (Å²) in [5, 5.41) is 16.9. The van der Waals surface area contributed by atoms with Gasteiger partial charge in [-0.05, 0) is 88.0 Å². The largest absolute Gasteiger partial charge is 0.248 e. The fourth-order valence-electron chi connectivity index (χ4n) is 7.94. The number of para-hydroxylation sites is 1. The van der Waals surface area contributed by atoms with Gasteiger partial charge in [0.15, 0.2) is 0 Å². The minimum Gasteiger partial charge on any atom is -0.248 e. The first-order valence-corrected chi connectivity index (χ1v) is 24.2. The summed E-state index contributed by atoms with van der Waals surface area (Å²) in [6.07, 6.45) is 0. The molecular formula is C39H32NPSSi2. The Labute approximate surface area is 265 Å². The molecule has 0 aliphatic carbocycles. The van der Waals surface area contributed by atoms with Crippen LogP contribution in [-0.2, 0) is 11.8 Å². The molecule has 212 valence electrons. The zero-order valence-corrected chi connectivity index (χ0v) is 29.1. The van der Waals surface area contributed by atoms with E-state index in [1.165, 1.54) is 69.2 Å². The first-order chi connectivity index (χ1) is 21.2. The van der Waals surface area contributed by atoms with Crippen molar-refractivity contribution in [1.82, 2.24) is 4.98 Å². The van der Waals surface area contributed by atoms with Crippen molar-refractivity contribution in [2.45, 2.75) is 26.2 Å². The fourth-order valence-corrected chi connectivity index (χ4v) is 24.4. The predicted octanol–water partition coefficient (Wildman–Crippen LogP) is 6.24. The van der Waals surface area contributed by atoms with Crippen LogP contribution in [0.5, 0.6) is 0 Å². The van der Waals surface area contributed by atoms with Crippen molar-refractivity contribution in [3.63, 3.8) is 0 Å². The van der Waals surface area contributed by atoms with Gasteiger partial charge in [0.2, 0.25) is 0 Å². The lowest BCUT2D eigenvalue weighted by Gasteiger charge is -2.48. The van der Waals surface area contributed by atoms with Gasteiger partial charge in [-0.1, -0.05) is 135 Å². The number of benzene rings is 6. The van der Waals surface area contributed by atoms with Crippen LogP contribution in [0.1, 0.15) is 0 Å². The summed E-state index contributed by atoms with van der Waals surface area (Å²) in [6.45, 7) is 10.2. The first kappa shape index (κ1) is 26.7. The zero-order chi connectivity index (χ0) is 30.0. The van der Waals surface area contributed by atoms with Crippen LogP contribution in [0.4, 0.5) is 0 Å². The van der Waals surface area contributed by atoms with Gasteiger partial charge in [-0.25, -0.2) is 4.98 Å². The van der Waals surface area contributed by atoms with E-state index in [9.17, 15) is 0 Å². The van der Waals surface area contributed by atoms with Crippen LogP contribution in [0.2, 0.25) is 26.2 Å². The normalized spacial score (nSPS) is 16.8. The third-order valence-corrected chi connectivity index (χ3v) is 23.2. The van der Waals surface area contributed by atoms with Gasteiger partial charge in [-0.15, -0.1) is 0 Å². The van der Waals surface area contributed by atoms with E-state index in [2.05, 4.69) is 148 Å². The summed E-state index contributed by atoms with van der Waals surface area (Å²) in [6, 6.07) is 43.3. The Balaban J connectivity index is 1.45. The third-order valence-electron chi connectivity index (χ3n) is 10.4. The van der Waals surface area contributed by atoms with Crippen molar-refractivity contribution < 1.29 is 0 Å². The molecule has 0 saturated carbocycles. The molecular weight excluding hydrogens is 602 g/mol. The van der Waals surface area contributed by atoms with E-state index in [1.807, 2.05) is 0 Å². The highest BCUT2D eigenvalue weighted by Crippen LogP contribution is 2.48. The zero-order valence-electron chi connectivity index (χ0n) is 25.3. The van der Waals surface area contributed by atoms with E-state index >= 15 is 0 Å². The van der Waals surface area contributed by atoms with Crippen molar-refractivity contribution >= 4 is 103 Å². The number of hydrogen-bond donors (Lipinski definition) is 0. The molecule has 1 nitrogen and oxygen atoms in total. The third kappa shape index (κ3) is 3.46. The number of nitrogens with zero attached hydrogens (tertiary/aromatic N) is 1. The van der Waals surface area contributed by atoms with Crippen molar-refractivity contribution in [2.24, 2.45) is 0 Å². The molecule has 44 heavy (non-hydrogen) atoms. The van der Waals surface area contributed by atoms with Gasteiger partial charge < -0.3 is 0 Å². The molecule has 2 aliphatic rings. The Bertz CT molecular complexity index is 2320. The second-order valence-electron chi connectivity index (χ2n) is 13.6. The van der Waals surface area contributed by atoms with Crippen molar-refractivity contribution in [3.8, 4) is 11.3 Å².